The third kappa shape index (κ3) is 3.73. The van der Waals surface area contributed by atoms with Gasteiger partial charge in [0.05, 0.1) is 0 Å². The first kappa shape index (κ1) is 17.2. The Hall–Kier alpha value is -2.62. The van der Waals surface area contributed by atoms with Crippen LogP contribution in [0.4, 0.5) is 5.69 Å². The normalized spacial score (nSPS) is 17.2. The highest BCUT2D eigenvalue weighted by Crippen LogP contribution is 2.37. The van der Waals surface area contributed by atoms with Gasteiger partial charge >= 0.3 is 5.97 Å². The minimum Gasteiger partial charge on any atom is -0.481 e. The summed E-state index contributed by atoms with van der Waals surface area (Å²) in [5.74, 6) is -1.61. The molecule has 130 valence electrons. The van der Waals surface area contributed by atoms with Crippen LogP contribution in [0.3, 0.4) is 0 Å². The Morgan fingerprint density at radius 1 is 1.12 bits per heavy atom. The quantitative estimate of drug-likeness (QED) is 0.871. The lowest BCUT2D eigenvalue weighted by Crippen LogP contribution is -2.35. The fourth-order valence-corrected chi connectivity index (χ4v) is 3.47. The summed E-state index contributed by atoms with van der Waals surface area (Å²) < 4.78 is 0. The predicted molar refractivity (Wildman–Crippen MR) is 97.7 cm³/mol. The fraction of sp³-hybridized carbons (Fsp3) is 0.333. The summed E-state index contributed by atoms with van der Waals surface area (Å²) >= 11 is 0. The summed E-state index contributed by atoms with van der Waals surface area (Å²) in [4.78, 5) is 26.0. The van der Waals surface area contributed by atoms with E-state index in [-0.39, 0.29) is 18.4 Å². The van der Waals surface area contributed by atoms with E-state index < -0.39 is 11.9 Å². The molecule has 1 aliphatic heterocycles. The van der Waals surface area contributed by atoms with Crippen LogP contribution in [-0.2, 0) is 16.0 Å². The van der Waals surface area contributed by atoms with Gasteiger partial charge in [0.1, 0.15) is 5.92 Å². The van der Waals surface area contributed by atoms with E-state index in [1.165, 1.54) is 5.56 Å². The van der Waals surface area contributed by atoms with Gasteiger partial charge in [0, 0.05) is 18.2 Å². The average Bonchev–Trinajstić information content (AvgIpc) is 3.02. The number of carboxylic acids is 1. The zero-order valence-corrected chi connectivity index (χ0v) is 14.4. The Bertz CT molecular complexity index is 757. The number of rotatable bonds is 6. The van der Waals surface area contributed by atoms with Gasteiger partial charge < -0.3 is 10.0 Å². The number of aryl methyl sites for hydroxylation is 1. The maximum Gasteiger partial charge on any atom is 0.312 e. The van der Waals surface area contributed by atoms with E-state index in [4.69, 9.17) is 0 Å². The van der Waals surface area contributed by atoms with E-state index in [2.05, 4.69) is 12.1 Å². The van der Waals surface area contributed by atoms with Crippen molar-refractivity contribution in [3.8, 4) is 0 Å². The molecule has 1 N–H and O–H groups in total. The second-order valence-corrected chi connectivity index (χ2v) is 6.68. The molecule has 2 atom stereocenters. The van der Waals surface area contributed by atoms with Crippen molar-refractivity contribution in [3.63, 3.8) is 0 Å². The molecular formula is C21H23NO3. The molecule has 1 aliphatic rings. The highest BCUT2D eigenvalue weighted by atomic mass is 16.4. The molecule has 4 nitrogen and oxygen atoms in total. The number of para-hydroxylation sites is 1. The summed E-state index contributed by atoms with van der Waals surface area (Å²) in [7, 11) is 0. The third-order valence-electron chi connectivity index (χ3n) is 4.90. The van der Waals surface area contributed by atoms with Crippen molar-refractivity contribution in [2.45, 2.75) is 32.1 Å². The monoisotopic (exact) mass is 337 g/mol. The van der Waals surface area contributed by atoms with Crippen molar-refractivity contribution in [1.82, 2.24) is 0 Å². The van der Waals surface area contributed by atoms with E-state index in [0.29, 0.717) is 0 Å². The molecule has 0 radical (unpaired) electrons. The molecule has 0 aliphatic carbocycles. The van der Waals surface area contributed by atoms with Gasteiger partial charge in [0.25, 0.3) is 0 Å². The first-order valence-electron chi connectivity index (χ1n) is 8.75. The molecule has 0 fully saturated rings. The summed E-state index contributed by atoms with van der Waals surface area (Å²) in [5, 5.41) is 9.43. The first-order chi connectivity index (χ1) is 12.1. The van der Waals surface area contributed by atoms with Crippen molar-refractivity contribution in [2.24, 2.45) is 5.92 Å². The lowest BCUT2D eigenvalue weighted by molar-refractivity contribution is -0.138. The standard InChI is InChI=1S/C21H23NO3/c1-15(8-7-11-16-9-3-2-4-10-16)20(23)22-14-18(21(24)25)17-12-5-6-13-19(17)22/h2-6,9-10,12-13,15,18H,7-8,11,14H2,1H3,(H,24,25). The number of aliphatic carboxylic acids is 1. The van der Waals surface area contributed by atoms with Crippen LogP contribution in [0.1, 0.15) is 36.8 Å². The number of anilines is 1. The van der Waals surface area contributed by atoms with Gasteiger partial charge in [-0.1, -0.05) is 55.5 Å². The Morgan fingerprint density at radius 2 is 1.80 bits per heavy atom. The number of hydrogen-bond acceptors (Lipinski definition) is 2. The van der Waals surface area contributed by atoms with Crippen molar-refractivity contribution in [2.75, 3.05) is 11.4 Å². The molecule has 1 heterocycles. The van der Waals surface area contributed by atoms with E-state index >= 15 is 0 Å². The second-order valence-electron chi connectivity index (χ2n) is 6.68. The van der Waals surface area contributed by atoms with Crippen LogP contribution in [0.5, 0.6) is 0 Å². The third-order valence-corrected chi connectivity index (χ3v) is 4.90. The molecule has 0 bridgehead atoms. The van der Waals surface area contributed by atoms with E-state index in [1.807, 2.05) is 49.4 Å². The number of carbonyl (C=O) groups is 2. The van der Waals surface area contributed by atoms with Gasteiger partial charge in [0.2, 0.25) is 5.91 Å². The zero-order valence-electron chi connectivity index (χ0n) is 14.4. The summed E-state index contributed by atoms with van der Waals surface area (Å²) in [6, 6.07) is 17.6. The lowest BCUT2D eigenvalue weighted by atomic mass is 10.00. The molecular weight excluding hydrogens is 314 g/mol. The van der Waals surface area contributed by atoms with Gasteiger partial charge in [-0.05, 0) is 36.5 Å². The fourth-order valence-electron chi connectivity index (χ4n) is 3.47. The minimum atomic E-state index is -0.875. The van der Waals surface area contributed by atoms with E-state index in [0.717, 1.165) is 30.5 Å². The number of hydrogen-bond donors (Lipinski definition) is 1. The molecule has 2 aromatic carbocycles. The molecule has 2 aromatic rings. The van der Waals surface area contributed by atoms with Gasteiger partial charge in [-0.15, -0.1) is 0 Å². The molecule has 4 heteroatoms. The van der Waals surface area contributed by atoms with Crippen molar-refractivity contribution in [1.29, 1.82) is 0 Å². The van der Waals surface area contributed by atoms with Crippen LogP contribution in [0.15, 0.2) is 54.6 Å². The van der Waals surface area contributed by atoms with Crippen molar-refractivity contribution < 1.29 is 14.7 Å². The van der Waals surface area contributed by atoms with Crippen LogP contribution in [0.2, 0.25) is 0 Å². The molecule has 0 saturated carbocycles. The van der Waals surface area contributed by atoms with Crippen LogP contribution in [0.25, 0.3) is 0 Å². The highest BCUT2D eigenvalue weighted by molar-refractivity contribution is 5.99. The number of carbonyl (C=O) groups excluding carboxylic acids is 1. The zero-order chi connectivity index (χ0) is 17.8. The van der Waals surface area contributed by atoms with Gasteiger partial charge in [-0.25, -0.2) is 0 Å². The van der Waals surface area contributed by atoms with Crippen molar-refractivity contribution in [3.05, 3.63) is 65.7 Å². The number of nitrogens with zero attached hydrogens (tertiary/aromatic N) is 1. The SMILES string of the molecule is CC(CCCc1ccccc1)C(=O)N1CC(C(=O)O)c2ccccc21. The summed E-state index contributed by atoms with van der Waals surface area (Å²) in [6.45, 7) is 2.17. The molecule has 0 spiro atoms. The minimum absolute atomic E-state index is 0.0178. The summed E-state index contributed by atoms with van der Waals surface area (Å²) in [5.41, 5.74) is 2.76. The first-order valence-corrected chi connectivity index (χ1v) is 8.75. The van der Waals surface area contributed by atoms with Crippen LogP contribution in [0, 0.1) is 5.92 Å². The Balaban J connectivity index is 1.63. The van der Waals surface area contributed by atoms with Crippen LogP contribution in [-0.4, -0.2) is 23.5 Å². The maximum absolute atomic E-state index is 12.9. The topological polar surface area (TPSA) is 57.6 Å². The highest BCUT2D eigenvalue weighted by Gasteiger charge is 2.37. The van der Waals surface area contributed by atoms with E-state index in [1.54, 1.807) is 4.90 Å². The number of carboxylic acid groups (broad SMARTS) is 1. The number of fused-ring (bicyclic) bond motifs is 1. The Morgan fingerprint density at radius 3 is 2.52 bits per heavy atom. The van der Waals surface area contributed by atoms with Gasteiger partial charge in [-0.3, -0.25) is 9.59 Å². The van der Waals surface area contributed by atoms with Crippen LogP contribution >= 0.6 is 0 Å². The molecule has 0 aromatic heterocycles. The largest absolute Gasteiger partial charge is 0.481 e. The van der Waals surface area contributed by atoms with Gasteiger partial charge in [0.15, 0.2) is 0 Å². The summed E-state index contributed by atoms with van der Waals surface area (Å²) in [6.07, 6.45) is 2.69. The predicted octanol–water partition coefficient (Wildman–Crippen LogP) is 3.86. The molecule has 1 amide bonds. The van der Waals surface area contributed by atoms with Crippen LogP contribution < -0.4 is 4.90 Å². The Kier molecular flexibility index (Phi) is 5.17. The van der Waals surface area contributed by atoms with Gasteiger partial charge in [-0.2, -0.15) is 0 Å². The molecule has 25 heavy (non-hydrogen) atoms. The van der Waals surface area contributed by atoms with Crippen molar-refractivity contribution >= 4 is 17.6 Å². The maximum atomic E-state index is 12.9. The number of benzene rings is 2. The molecule has 3 rings (SSSR count). The second kappa shape index (κ2) is 7.51. The smallest absolute Gasteiger partial charge is 0.312 e. The molecule has 0 saturated heterocycles. The lowest BCUT2D eigenvalue weighted by Gasteiger charge is -2.22. The number of amides is 1. The van der Waals surface area contributed by atoms with E-state index in [9.17, 15) is 14.7 Å². The average molecular weight is 337 g/mol. The Labute approximate surface area is 148 Å². The molecule has 2 unspecified atom stereocenters.